The molecule has 5 atom stereocenters. The second kappa shape index (κ2) is 77.8. The number of carbonyl (C=O) groups excluding carboxylic acids is 4. The van der Waals surface area contributed by atoms with Gasteiger partial charge in [0.1, 0.15) is 19.3 Å². The minimum absolute atomic E-state index is 0.0670. The summed E-state index contributed by atoms with van der Waals surface area (Å²) in [6.45, 7) is 4.41. The molecule has 0 rings (SSSR count). The quantitative estimate of drug-likeness (QED) is 0.0169. The summed E-state index contributed by atoms with van der Waals surface area (Å²) in [6, 6.07) is 0. The third-order valence-electron chi connectivity index (χ3n) is 16.4. The molecule has 0 saturated heterocycles. The highest BCUT2D eigenvalue weighted by Gasteiger charge is 2.30. The van der Waals surface area contributed by atoms with E-state index in [1.165, 1.54) is 0 Å². The Morgan fingerprint density at radius 2 is 0.491 bits per heavy atom. The molecule has 0 aliphatic heterocycles. The van der Waals surface area contributed by atoms with E-state index < -0.39 is 97.5 Å². The Bertz CT molecular complexity index is 2630. The van der Waals surface area contributed by atoms with Gasteiger partial charge in [-0.3, -0.25) is 37.3 Å². The van der Waals surface area contributed by atoms with E-state index in [0.717, 1.165) is 231 Å². The summed E-state index contributed by atoms with van der Waals surface area (Å²) in [6.07, 6.45) is 90.7. The fourth-order valence-electron chi connectivity index (χ4n) is 10.4. The number of esters is 4. The molecule has 106 heavy (non-hydrogen) atoms. The Hall–Kier alpha value is -5.32. The van der Waals surface area contributed by atoms with Gasteiger partial charge in [-0.05, 0) is 161 Å². The largest absolute Gasteiger partial charge is 0.472 e. The lowest BCUT2D eigenvalue weighted by Gasteiger charge is -2.21. The molecule has 0 bridgehead atoms. The van der Waals surface area contributed by atoms with Crippen molar-refractivity contribution >= 4 is 39.5 Å². The van der Waals surface area contributed by atoms with Crippen LogP contribution in [0.1, 0.15) is 310 Å². The molecule has 0 fully saturated rings. The summed E-state index contributed by atoms with van der Waals surface area (Å²) in [5.74, 6) is -2.24. The monoisotopic (exact) mass is 1520 g/mol. The maximum Gasteiger partial charge on any atom is 0.472 e. The number of carbonyl (C=O) groups is 4. The van der Waals surface area contributed by atoms with Crippen LogP contribution in [0.25, 0.3) is 0 Å². The highest BCUT2D eigenvalue weighted by Crippen LogP contribution is 2.45. The van der Waals surface area contributed by atoms with Crippen molar-refractivity contribution in [3.8, 4) is 0 Å². The fourth-order valence-corrected chi connectivity index (χ4v) is 12.0. The van der Waals surface area contributed by atoms with Gasteiger partial charge in [0.2, 0.25) is 0 Å². The Morgan fingerprint density at radius 1 is 0.274 bits per heavy atom. The van der Waals surface area contributed by atoms with Crippen molar-refractivity contribution < 1.29 is 80.2 Å². The van der Waals surface area contributed by atoms with E-state index in [1.807, 2.05) is 0 Å². The molecule has 0 aliphatic carbocycles. The van der Waals surface area contributed by atoms with E-state index in [0.29, 0.717) is 25.7 Å². The van der Waals surface area contributed by atoms with E-state index in [9.17, 15) is 43.2 Å². The third kappa shape index (κ3) is 76.9. The molecule has 0 amide bonds. The molecule has 0 aromatic rings. The molecule has 3 N–H and O–H groups in total. The molecule has 0 saturated carbocycles. The zero-order valence-electron chi connectivity index (χ0n) is 66.1. The third-order valence-corrected chi connectivity index (χ3v) is 18.4. The van der Waals surface area contributed by atoms with Crippen molar-refractivity contribution in [1.82, 2.24) is 0 Å². The van der Waals surface area contributed by atoms with Crippen LogP contribution in [0.15, 0.2) is 158 Å². The maximum absolute atomic E-state index is 13.1. The average Bonchev–Trinajstić information content (AvgIpc) is 0.933. The van der Waals surface area contributed by atoms with Crippen LogP contribution < -0.4 is 0 Å². The normalized spacial score (nSPS) is 14.7. The van der Waals surface area contributed by atoms with Crippen molar-refractivity contribution in [1.29, 1.82) is 0 Å². The van der Waals surface area contributed by atoms with Crippen LogP contribution in [-0.4, -0.2) is 96.7 Å². The summed E-state index contributed by atoms with van der Waals surface area (Å²) < 4.78 is 68.6. The van der Waals surface area contributed by atoms with Gasteiger partial charge in [0.15, 0.2) is 12.2 Å². The fraction of sp³-hybridized carbons (Fsp3) is 0.655. The molecule has 0 aromatic heterocycles. The van der Waals surface area contributed by atoms with Crippen LogP contribution in [0, 0.1) is 0 Å². The lowest BCUT2D eigenvalue weighted by atomic mass is 10.1. The molecule has 0 aromatic carbocycles. The average molecular weight is 1520 g/mol. The molecule has 0 aliphatic rings. The van der Waals surface area contributed by atoms with Gasteiger partial charge in [-0.2, -0.15) is 0 Å². The smallest absolute Gasteiger partial charge is 0.462 e. The second-order valence-corrected chi connectivity index (χ2v) is 29.5. The van der Waals surface area contributed by atoms with Crippen LogP contribution in [0.4, 0.5) is 0 Å². The van der Waals surface area contributed by atoms with Crippen LogP contribution in [0.2, 0.25) is 0 Å². The van der Waals surface area contributed by atoms with Gasteiger partial charge in [-0.15, -0.1) is 0 Å². The Balaban J connectivity index is 5.39. The summed E-state index contributed by atoms with van der Waals surface area (Å²) in [4.78, 5) is 73.1. The standard InChI is InChI=1S/C87H144O17P2/c1-5-9-13-17-21-25-29-33-36-38-40-42-45-48-51-55-59-63-67-71-84(89)97-77-82(103-86(91)73-69-65-61-57-53-47-32-28-24-20-16-12-8-4)79-101-105(93,94)99-75-81(88)76-100-106(95,96)102-80-83(104-87(92)74-70-66-62-58-54-50-44-35-31-27-23-19-15-11-7-3)78-98-85(90)72-68-64-60-56-52-49-46-43-41-39-37-34-30-26-22-18-14-10-6-2/h9-11,13-16,20-23,25-28,32-37,40-44,81-83,88H,5-8,12,17-19,24,29-31,38-39,45-80H2,1-4H3,(H,93,94)(H,95,96)/b13-9-,14-10-,15-11-,20-16-,25-21-,26-22-,27-23-,32-28-,36-33-,37-34-,42-40-,43-41-,44-35-. The number of allylic oxidation sites excluding steroid dienone is 26. The predicted octanol–water partition coefficient (Wildman–Crippen LogP) is 24.0. The number of phosphoric ester groups is 2. The van der Waals surface area contributed by atoms with E-state index in [-0.39, 0.29) is 25.7 Å². The minimum Gasteiger partial charge on any atom is -0.462 e. The van der Waals surface area contributed by atoms with Gasteiger partial charge >= 0.3 is 39.5 Å². The van der Waals surface area contributed by atoms with Crippen LogP contribution in [-0.2, 0) is 65.4 Å². The van der Waals surface area contributed by atoms with E-state index in [4.69, 9.17) is 37.0 Å². The van der Waals surface area contributed by atoms with Gasteiger partial charge in [0, 0.05) is 25.7 Å². The zero-order valence-corrected chi connectivity index (χ0v) is 67.8. The van der Waals surface area contributed by atoms with E-state index >= 15 is 0 Å². The lowest BCUT2D eigenvalue weighted by molar-refractivity contribution is -0.161. The molecule has 0 heterocycles. The predicted molar refractivity (Wildman–Crippen MR) is 436 cm³/mol. The van der Waals surface area contributed by atoms with E-state index in [1.54, 1.807) is 0 Å². The highest BCUT2D eigenvalue weighted by molar-refractivity contribution is 7.47. The Labute approximate surface area is 642 Å². The SMILES string of the molecule is CC/C=C\C/C=C\C/C=C\C/C=C\CCCCCCCCC(=O)OCC(COP(=O)(O)OCC(O)COP(=O)(O)OCC(COC(=O)CCCCCCCC/C=C\C/C=C\C/C=C\C/C=C\CC)OC(=O)CCCCCCC/C=C\C/C=C\CCC)OC(=O)CCCCCCC/C=C\C/C=C\C/C=C\CC. The molecule has 5 unspecified atom stereocenters. The van der Waals surface area contributed by atoms with Crippen LogP contribution >= 0.6 is 15.6 Å². The number of aliphatic hydroxyl groups excluding tert-OH is 1. The number of hydrogen-bond acceptors (Lipinski definition) is 15. The first-order valence-corrected chi connectivity index (χ1v) is 43.7. The molecule has 0 spiro atoms. The summed E-state index contributed by atoms with van der Waals surface area (Å²) in [7, 11) is -9.99. The van der Waals surface area contributed by atoms with Crippen molar-refractivity contribution in [3.63, 3.8) is 0 Å². The first-order chi connectivity index (χ1) is 51.7. The summed E-state index contributed by atoms with van der Waals surface area (Å²) in [5, 5.41) is 10.7. The summed E-state index contributed by atoms with van der Waals surface area (Å²) >= 11 is 0. The van der Waals surface area contributed by atoms with Crippen molar-refractivity contribution in [2.24, 2.45) is 0 Å². The number of ether oxygens (including phenoxy) is 4. The Morgan fingerprint density at radius 3 is 0.755 bits per heavy atom. The number of unbranched alkanes of at least 4 members (excludes halogenated alkanes) is 23. The second-order valence-electron chi connectivity index (χ2n) is 26.6. The van der Waals surface area contributed by atoms with E-state index in [2.05, 4.69) is 186 Å². The molecular formula is C87H144O17P2. The molecule has 19 heteroatoms. The van der Waals surface area contributed by atoms with Crippen LogP contribution in [0.5, 0.6) is 0 Å². The molecule has 17 nitrogen and oxygen atoms in total. The first-order valence-electron chi connectivity index (χ1n) is 40.7. The number of aliphatic hydroxyl groups is 1. The highest BCUT2D eigenvalue weighted by atomic mass is 31.2. The topological polar surface area (TPSA) is 237 Å². The maximum atomic E-state index is 13.1. The van der Waals surface area contributed by atoms with Gasteiger partial charge in [0.05, 0.1) is 26.4 Å². The Kier molecular flexibility index (Phi) is 73.9. The lowest BCUT2D eigenvalue weighted by Crippen LogP contribution is -2.30. The minimum atomic E-state index is -4.99. The number of phosphoric acid groups is 2. The van der Waals surface area contributed by atoms with Gasteiger partial charge in [-0.1, -0.05) is 282 Å². The van der Waals surface area contributed by atoms with Crippen molar-refractivity contribution in [3.05, 3.63) is 158 Å². The van der Waals surface area contributed by atoms with Crippen molar-refractivity contribution in [2.45, 2.75) is 329 Å². The van der Waals surface area contributed by atoms with Crippen LogP contribution in [0.3, 0.4) is 0 Å². The first kappa shape index (κ1) is 101. The van der Waals surface area contributed by atoms with Gasteiger partial charge in [-0.25, -0.2) is 9.13 Å². The number of hydrogen-bond donors (Lipinski definition) is 3. The van der Waals surface area contributed by atoms with Gasteiger partial charge in [0.25, 0.3) is 0 Å². The molecular weight excluding hydrogens is 1380 g/mol. The molecule has 604 valence electrons. The number of rotatable bonds is 75. The van der Waals surface area contributed by atoms with Crippen molar-refractivity contribution in [2.75, 3.05) is 39.6 Å². The molecule has 0 radical (unpaired) electrons. The van der Waals surface area contributed by atoms with Gasteiger partial charge < -0.3 is 33.8 Å². The zero-order chi connectivity index (χ0) is 77.4. The summed E-state index contributed by atoms with van der Waals surface area (Å²) in [5.41, 5.74) is 0.